The summed E-state index contributed by atoms with van der Waals surface area (Å²) in [6, 6.07) is 4.01. The van der Waals surface area contributed by atoms with E-state index in [0.29, 0.717) is 0 Å². The summed E-state index contributed by atoms with van der Waals surface area (Å²) in [6.45, 7) is 1.16. The number of rotatable bonds is 3. The van der Waals surface area contributed by atoms with Crippen LogP contribution in [0.25, 0.3) is 0 Å². The predicted octanol–water partition coefficient (Wildman–Crippen LogP) is 1.32. The second-order valence-corrected chi connectivity index (χ2v) is 4.56. The van der Waals surface area contributed by atoms with Crippen molar-refractivity contribution in [2.45, 2.75) is 38.3 Å². The molecule has 0 amide bonds. The average molecular weight is 236 g/mol. The molecule has 1 aliphatic heterocycles. The van der Waals surface area contributed by atoms with E-state index in [1.54, 1.807) is 6.20 Å². The predicted molar refractivity (Wildman–Crippen MR) is 66.8 cm³/mol. The van der Waals surface area contributed by atoms with Crippen molar-refractivity contribution in [3.05, 3.63) is 23.9 Å². The minimum absolute atomic E-state index is 0.0245. The Balaban J connectivity index is 2.16. The Kier molecular flexibility index (Phi) is 4.34. The molecule has 1 atom stereocenters. The second kappa shape index (κ2) is 5.98. The summed E-state index contributed by atoms with van der Waals surface area (Å²) in [6.07, 6.45) is 6.28. The van der Waals surface area contributed by atoms with Crippen LogP contribution in [0.4, 0.5) is 5.82 Å². The highest BCUT2D eigenvalue weighted by Crippen LogP contribution is 2.22. The molecule has 94 valence electrons. The van der Waals surface area contributed by atoms with Gasteiger partial charge in [-0.25, -0.2) is 4.98 Å². The summed E-state index contributed by atoms with van der Waals surface area (Å²) < 4.78 is 0. The molecule has 0 aromatic carbocycles. The molecule has 2 heterocycles. The number of pyridine rings is 1. The number of anilines is 1. The van der Waals surface area contributed by atoms with Gasteiger partial charge >= 0.3 is 0 Å². The van der Waals surface area contributed by atoms with E-state index in [1.165, 1.54) is 12.8 Å². The summed E-state index contributed by atoms with van der Waals surface area (Å²) in [5.41, 5.74) is 0.823. The fraction of sp³-hybridized carbons (Fsp3) is 0.615. The monoisotopic (exact) mass is 236 g/mol. The number of aromatic nitrogens is 1. The molecular formula is C13H20N2O2. The molecular weight excluding hydrogens is 216 g/mol. The van der Waals surface area contributed by atoms with E-state index < -0.39 is 0 Å². The van der Waals surface area contributed by atoms with E-state index in [9.17, 15) is 5.11 Å². The molecule has 0 saturated carbocycles. The molecule has 1 aliphatic rings. The first-order valence-electron chi connectivity index (χ1n) is 6.28. The SMILES string of the molecule is OCc1ccc(N2CCCCCC2CO)nc1. The minimum Gasteiger partial charge on any atom is -0.394 e. The molecule has 0 spiro atoms. The maximum absolute atomic E-state index is 9.44. The number of hydrogen-bond donors (Lipinski definition) is 2. The Morgan fingerprint density at radius 2 is 2.12 bits per heavy atom. The maximum atomic E-state index is 9.44. The van der Waals surface area contributed by atoms with Gasteiger partial charge in [-0.1, -0.05) is 18.9 Å². The number of nitrogens with zero attached hydrogens (tertiary/aromatic N) is 2. The smallest absolute Gasteiger partial charge is 0.128 e. The van der Waals surface area contributed by atoms with E-state index in [4.69, 9.17) is 5.11 Å². The Hall–Kier alpha value is -1.13. The zero-order chi connectivity index (χ0) is 12.1. The zero-order valence-corrected chi connectivity index (χ0v) is 10.0. The topological polar surface area (TPSA) is 56.6 Å². The molecule has 1 aromatic rings. The molecule has 1 fully saturated rings. The van der Waals surface area contributed by atoms with Crippen LogP contribution in [-0.4, -0.2) is 34.4 Å². The summed E-state index contributed by atoms with van der Waals surface area (Å²) in [5, 5.41) is 18.4. The van der Waals surface area contributed by atoms with Crippen LogP contribution in [0.15, 0.2) is 18.3 Å². The molecule has 2 N–H and O–H groups in total. The summed E-state index contributed by atoms with van der Waals surface area (Å²) in [5.74, 6) is 0.906. The molecule has 0 aliphatic carbocycles. The third-order valence-electron chi connectivity index (χ3n) is 3.37. The van der Waals surface area contributed by atoms with E-state index in [-0.39, 0.29) is 19.3 Å². The van der Waals surface area contributed by atoms with Crippen LogP contribution in [0.2, 0.25) is 0 Å². The van der Waals surface area contributed by atoms with Crippen molar-refractivity contribution in [1.29, 1.82) is 0 Å². The second-order valence-electron chi connectivity index (χ2n) is 4.56. The lowest BCUT2D eigenvalue weighted by Crippen LogP contribution is -2.38. The van der Waals surface area contributed by atoms with Crippen molar-refractivity contribution >= 4 is 5.82 Å². The van der Waals surface area contributed by atoms with Crippen molar-refractivity contribution in [2.24, 2.45) is 0 Å². The molecule has 4 heteroatoms. The Bertz CT molecular complexity index is 340. The van der Waals surface area contributed by atoms with Gasteiger partial charge in [0.15, 0.2) is 0 Å². The first kappa shape index (κ1) is 12.3. The van der Waals surface area contributed by atoms with Crippen LogP contribution in [0, 0.1) is 0 Å². The highest BCUT2D eigenvalue weighted by atomic mass is 16.3. The molecule has 1 unspecified atom stereocenters. The highest BCUT2D eigenvalue weighted by molar-refractivity contribution is 5.40. The molecule has 0 bridgehead atoms. The van der Waals surface area contributed by atoms with Crippen molar-refractivity contribution < 1.29 is 10.2 Å². The maximum Gasteiger partial charge on any atom is 0.128 e. The van der Waals surface area contributed by atoms with Crippen molar-refractivity contribution in [2.75, 3.05) is 18.1 Å². The zero-order valence-electron chi connectivity index (χ0n) is 10.0. The summed E-state index contributed by atoms with van der Waals surface area (Å²) in [7, 11) is 0. The molecule has 1 aromatic heterocycles. The lowest BCUT2D eigenvalue weighted by molar-refractivity contribution is 0.254. The molecule has 4 nitrogen and oxygen atoms in total. The van der Waals surface area contributed by atoms with E-state index in [1.807, 2.05) is 12.1 Å². The fourth-order valence-electron chi connectivity index (χ4n) is 2.35. The van der Waals surface area contributed by atoms with Gasteiger partial charge in [0.1, 0.15) is 5.82 Å². The Morgan fingerprint density at radius 3 is 2.76 bits per heavy atom. The molecule has 17 heavy (non-hydrogen) atoms. The van der Waals surface area contributed by atoms with Gasteiger partial charge in [0.05, 0.1) is 19.3 Å². The van der Waals surface area contributed by atoms with Crippen LogP contribution < -0.4 is 4.90 Å². The van der Waals surface area contributed by atoms with E-state index >= 15 is 0 Å². The average Bonchev–Trinajstić information content (AvgIpc) is 2.64. The number of hydrogen-bond acceptors (Lipinski definition) is 4. The largest absolute Gasteiger partial charge is 0.394 e. The normalized spacial score (nSPS) is 21.3. The van der Waals surface area contributed by atoms with Gasteiger partial charge in [-0.2, -0.15) is 0 Å². The van der Waals surface area contributed by atoms with Crippen LogP contribution in [0.1, 0.15) is 31.2 Å². The van der Waals surface area contributed by atoms with Gasteiger partial charge in [-0.15, -0.1) is 0 Å². The summed E-state index contributed by atoms with van der Waals surface area (Å²) >= 11 is 0. The first-order chi connectivity index (χ1) is 8.35. The highest BCUT2D eigenvalue weighted by Gasteiger charge is 2.21. The third-order valence-corrected chi connectivity index (χ3v) is 3.37. The van der Waals surface area contributed by atoms with Gasteiger partial charge in [-0.05, 0) is 24.5 Å². The quantitative estimate of drug-likeness (QED) is 0.831. The van der Waals surface area contributed by atoms with Crippen LogP contribution in [0.5, 0.6) is 0 Å². The Labute approximate surface area is 102 Å². The lowest BCUT2D eigenvalue weighted by Gasteiger charge is -2.29. The van der Waals surface area contributed by atoms with Crippen molar-refractivity contribution in [3.63, 3.8) is 0 Å². The van der Waals surface area contributed by atoms with Crippen LogP contribution in [0.3, 0.4) is 0 Å². The van der Waals surface area contributed by atoms with E-state index in [0.717, 1.165) is 30.8 Å². The Morgan fingerprint density at radius 1 is 1.24 bits per heavy atom. The summed E-state index contributed by atoms with van der Waals surface area (Å²) in [4.78, 5) is 6.56. The van der Waals surface area contributed by atoms with Crippen LogP contribution >= 0.6 is 0 Å². The molecule has 2 rings (SSSR count). The fourth-order valence-corrected chi connectivity index (χ4v) is 2.35. The van der Waals surface area contributed by atoms with E-state index in [2.05, 4.69) is 9.88 Å². The number of aliphatic hydroxyl groups excluding tert-OH is 2. The molecule has 1 saturated heterocycles. The molecule has 0 radical (unpaired) electrons. The van der Waals surface area contributed by atoms with Gasteiger partial charge in [0.25, 0.3) is 0 Å². The third kappa shape index (κ3) is 2.96. The lowest BCUT2D eigenvalue weighted by atomic mass is 10.1. The van der Waals surface area contributed by atoms with Gasteiger partial charge in [0.2, 0.25) is 0 Å². The van der Waals surface area contributed by atoms with Gasteiger partial charge < -0.3 is 15.1 Å². The van der Waals surface area contributed by atoms with Crippen LogP contribution in [-0.2, 0) is 6.61 Å². The van der Waals surface area contributed by atoms with Crippen molar-refractivity contribution in [1.82, 2.24) is 4.98 Å². The minimum atomic E-state index is 0.0245. The van der Waals surface area contributed by atoms with Gasteiger partial charge in [0, 0.05) is 12.7 Å². The first-order valence-corrected chi connectivity index (χ1v) is 6.28. The van der Waals surface area contributed by atoms with Gasteiger partial charge in [-0.3, -0.25) is 0 Å². The van der Waals surface area contributed by atoms with Crippen molar-refractivity contribution in [3.8, 4) is 0 Å². The number of aliphatic hydroxyl groups is 2. The standard InChI is InChI=1S/C13H20N2O2/c16-9-11-5-6-13(14-8-11)15-7-3-1-2-4-12(15)10-17/h5-6,8,12,16-17H,1-4,7,9-10H2.